The number of aromatic nitrogens is 1. The van der Waals surface area contributed by atoms with Gasteiger partial charge in [0.05, 0.1) is 0 Å². The highest BCUT2D eigenvalue weighted by molar-refractivity contribution is 7.13. The Kier molecular flexibility index (Phi) is 3.64. The Morgan fingerprint density at radius 2 is 1.83 bits per heavy atom. The third-order valence-electron chi connectivity index (χ3n) is 6.47. The van der Waals surface area contributed by atoms with Crippen molar-refractivity contribution in [1.82, 2.24) is 9.88 Å². The molecule has 2 saturated heterocycles. The van der Waals surface area contributed by atoms with Crippen LogP contribution in [0.2, 0.25) is 0 Å². The summed E-state index contributed by atoms with van der Waals surface area (Å²) in [6.07, 6.45) is 8.56. The van der Waals surface area contributed by atoms with Crippen molar-refractivity contribution in [3.05, 3.63) is 47.0 Å². The van der Waals surface area contributed by atoms with Crippen molar-refractivity contribution in [3.8, 4) is 0 Å². The first-order valence-electron chi connectivity index (χ1n) is 9.34. The van der Waals surface area contributed by atoms with Crippen LogP contribution in [0.25, 0.3) is 0 Å². The van der Waals surface area contributed by atoms with E-state index in [4.69, 9.17) is 0 Å². The number of piperidine rings is 1. The van der Waals surface area contributed by atoms with Gasteiger partial charge in [-0.2, -0.15) is 0 Å². The summed E-state index contributed by atoms with van der Waals surface area (Å²) in [5, 5.41) is 3.29. The lowest BCUT2D eigenvalue weighted by atomic mass is 9.73. The zero-order valence-corrected chi connectivity index (χ0v) is 15.0. The monoisotopic (exact) mass is 339 g/mol. The number of rotatable bonds is 2. The molecule has 1 atom stereocenters. The third-order valence-corrected chi connectivity index (χ3v) is 7.30. The molecule has 5 rings (SSSR count). The normalized spacial score (nSPS) is 26.2. The molecule has 1 aliphatic carbocycles. The van der Waals surface area contributed by atoms with Crippen LogP contribution in [0.1, 0.15) is 49.3 Å². The molecule has 1 aromatic carbocycles. The standard InChI is InChI=1S/C20H25N3S/c1-2-6-17-16(5-1)18(22-10-3-4-11-22)15-20(17)7-12-23(13-8-20)19-21-9-14-24-19/h1-2,5-6,9,14,18H,3-4,7-8,10-13,15H2. The molecule has 0 amide bonds. The van der Waals surface area contributed by atoms with Crippen LogP contribution >= 0.6 is 11.3 Å². The SMILES string of the molecule is c1ccc2c(c1)C(N1CCCC1)CC21CCN(c2nccs2)CC1. The van der Waals surface area contributed by atoms with Crippen LogP contribution in [0.3, 0.4) is 0 Å². The van der Waals surface area contributed by atoms with Gasteiger partial charge in [-0.05, 0) is 56.3 Å². The molecule has 0 N–H and O–H groups in total. The molecule has 3 heterocycles. The molecule has 0 radical (unpaired) electrons. The summed E-state index contributed by atoms with van der Waals surface area (Å²) in [6, 6.07) is 9.98. The van der Waals surface area contributed by atoms with Gasteiger partial charge < -0.3 is 4.90 Å². The summed E-state index contributed by atoms with van der Waals surface area (Å²) in [5.41, 5.74) is 3.68. The molecule has 1 aromatic heterocycles. The van der Waals surface area contributed by atoms with Gasteiger partial charge in [-0.25, -0.2) is 4.98 Å². The molecule has 4 heteroatoms. The summed E-state index contributed by atoms with van der Waals surface area (Å²) in [5.74, 6) is 0. The van der Waals surface area contributed by atoms with Crippen molar-refractivity contribution >= 4 is 16.5 Å². The van der Waals surface area contributed by atoms with Crippen LogP contribution in [-0.4, -0.2) is 36.1 Å². The van der Waals surface area contributed by atoms with Crippen molar-refractivity contribution in [2.45, 2.75) is 43.6 Å². The van der Waals surface area contributed by atoms with Gasteiger partial charge in [-0.3, -0.25) is 4.90 Å². The number of hydrogen-bond acceptors (Lipinski definition) is 4. The molecule has 3 nitrogen and oxygen atoms in total. The molecule has 0 saturated carbocycles. The molecule has 2 aliphatic heterocycles. The molecule has 3 aliphatic rings. The third kappa shape index (κ3) is 2.31. The van der Waals surface area contributed by atoms with Gasteiger partial charge in [-0.15, -0.1) is 11.3 Å². The number of benzene rings is 1. The van der Waals surface area contributed by atoms with E-state index >= 15 is 0 Å². The lowest BCUT2D eigenvalue weighted by Gasteiger charge is -2.40. The predicted octanol–water partition coefficient (Wildman–Crippen LogP) is 4.22. The first kappa shape index (κ1) is 14.9. The quantitative estimate of drug-likeness (QED) is 0.816. The first-order valence-corrected chi connectivity index (χ1v) is 10.2. The number of anilines is 1. The van der Waals surface area contributed by atoms with Crippen molar-refractivity contribution in [3.63, 3.8) is 0 Å². The Hall–Kier alpha value is -1.39. The van der Waals surface area contributed by atoms with Crippen molar-refractivity contribution in [2.75, 3.05) is 31.1 Å². The molecule has 1 unspecified atom stereocenters. The number of likely N-dealkylation sites (tertiary alicyclic amines) is 1. The van der Waals surface area contributed by atoms with E-state index in [-0.39, 0.29) is 0 Å². The minimum Gasteiger partial charge on any atom is -0.348 e. The molecule has 2 fully saturated rings. The highest BCUT2D eigenvalue weighted by Gasteiger charge is 2.47. The Balaban J connectivity index is 1.42. The Morgan fingerprint density at radius 3 is 2.58 bits per heavy atom. The fourth-order valence-electron chi connectivity index (χ4n) is 5.21. The summed E-state index contributed by atoms with van der Waals surface area (Å²) in [6.45, 7) is 4.88. The average molecular weight is 340 g/mol. The maximum atomic E-state index is 4.51. The first-order chi connectivity index (χ1) is 11.9. The van der Waals surface area contributed by atoms with Crippen LogP contribution in [0.5, 0.6) is 0 Å². The van der Waals surface area contributed by atoms with Gasteiger partial charge in [-0.1, -0.05) is 24.3 Å². The number of fused-ring (bicyclic) bond motifs is 2. The zero-order chi connectivity index (χ0) is 16.0. The number of thiazole rings is 1. The molecule has 126 valence electrons. The van der Waals surface area contributed by atoms with E-state index < -0.39 is 0 Å². The topological polar surface area (TPSA) is 19.4 Å². The molecule has 2 aromatic rings. The smallest absolute Gasteiger partial charge is 0.185 e. The minimum atomic E-state index is 0.400. The summed E-state index contributed by atoms with van der Waals surface area (Å²) >= 11 is 1.77. The fraction of sp³-hybridized carbons (Fsp3) is 0.550. The van der Waals surface area contributed by atoms with Crippen LogP contribution in [0, 0.1) is 0 Å². The van der Waals surface area contributed by atoms with Crippen LogP contribution in [0.15, 0.2) is 35.8 Å². The largest absolute Gasteiger partial charge is 0.348 e. The second kappa shape index (κ2) is 5.85. The van der Waals surface area contributed by atoms with Crippen LogP contribution < -0.4 is 4.90 Å². The zero-order valence-electron chi connectivity index (χ0n) is 14.2. The predicted molar refractivity (Wildman–Crippen MR) is 99.8 cm³/mol. The average Bonchev–Trinajstić information content (AvgIpc) is 3.37. The minimum absolute atomic E-state index is 0.400. The summed E-state index contributed by atoms with van der Waals surface area (Å²) in [4.78, 5) is 9.75. The molecular weight excluding hydrogens is 314 g/mol. The van der Waals surface area contributed by atoms with E-state index in [1.165, 1.54) is 50.3 Å². The fourth-order valence-corrected chi connectivity index (χ4v) is 5.91. The van der Waals surface area contributed by atoms with E-state index in [1.807, 2.05) is 6.20 Å². The van der Waals surface area contributed by atoms with E-state index in [0.29, 0.717) is 11.5 Å². The summed E-state index contributed by atoms with van der Waals surface area (Å²) in [7, 11) is 0. The van der Waals surface area contributed by atoms with Crippen molar-refractivity contribution in [1.29, 1.82) is 0 Å². The van der Waals surface area contributed by atoms with Crippen LogP contribution in [0.4, 0.5) is 5.13 Å². The van der Waals surface area contributed by atoms with E-state index in [1.54, 1.807) is 22.5 Å². The van der Waals surface area contributed by atoms with E-state index in [2.05, 4.69) is 44.4 Å². The van der Waals surface area contributed by atoms with Gasteiger partial charge in [0.2, 0.25) is 0 Å². The van der Waals surface area contributed by atoms with E-state index in [9.17, 15) is 0 Å². The van der Waals surface area contributed by atoms with Crippen molar-refractivity contribution in [2.24, 2.45) is 0 Å². The van der Waals surface area contributed by atoms with Gasteiger partial charge in [0.25, 0.3) is 0 Å². The maximum absolute atomic E-state index is 4.51. The highest BCUT2D eigenvalue weighted by atomic mass is 32.1. The van der Waals surface area contributed by atoms with Gasteiger partial charge in [0.1, 0.15) is 0 Å². The van der Waals surface area contributed by atoms with Gasteiger partial charge in [0.15, 0.2) is 5.13 Å². The highest BCUT2D eigenvalue weighted by Crippen LogP contribution is 2.53. The van der Waals surface area contributed by atoms with Gasteiger partial charge >= 0.3 is 0 Å². The summed E-state index contributed by atoms with van der Waals surface area (Å²) < 4.78 is 0. The lowest BCUT2D eigenvalue weighted by molar-refractivity contribution is 0.200. The number of nitrogens with zero attached hydrogens (tertiary/aromatic N) is 3. The Morgan fingerprint density at radius 1 is 1.04 bits per heavy atom. The molecule has 1 spiro atoms. The molecule has 24 heavy (non-hydrogen) atoms. The molecule has 0 bridgehead atoms. The lowest BCUT2D eigenvalue weighted by Crippen LogP contribution is -2.42. The maximum Gasteiger partial charge on any atom is 0.185 e. The second-order valence-corrected chi connectivity index (χ2v) is 8.51. The molecular formula is C20H25N3S. The number of hydrogen-bond donors (Lipinski definition) is 0. The Bertz CT molecular complexity index is 697. The van der Waals surface area contributed by atoms with Crippen molar-refractivity contribution < 1.29 is 0 Å². The Labute approximate surface area is 148 Å². The van der Waals surface area contributed by atoms with Gasteiger partial charge in [0, 0.05) is 36.1 Å². The van der Waals surface area contributed by atoms with E-state index in [0.717, 1.165) is 13.1 Å². The second-order valence-electron chi connectivity index (χ2n) is 7.63. The van der Waals surface area contributed by atoms with Crippen LogP contribution in [-0.2, 0) is 5.41 Å².